The number of hydrogen-bond acceptors (Lipinski definition) is 8. The summed E-state index contributed by atoms with van der Waals surface area (Å²) in [5.74, 6) is 0.358. The number of nitrogens with zero attached hydrogens (tertiary/aromatic N) is 3. The van der Waals surface area contributed by atoms with Crippen LogP contribution in [0.5, 0.6) is 11.5 Å². The number of ether oxygens (including phenoxy) is 2. The molecule has 4 aromatic carbocycles. The molecule has 3 aliphatic rings. The summed E-state index contributed by atoms with van der Waals surface area (Å²) in [5.41, 5.74) is 7.71. The number of anilines is 2. The monoisotopic (exact) mass is 776 g/mol. The van der Waals surface area contributed by atoms with Gasteiger partial charge >= 0.3 is 11.9 Å². The summed E-state index contributed by atoms with van der Waals surface area (Å²) >= 11 is 0. The molecular formula is C46H56N4O7. The zero-order valence-electron chi connectivity index (χ0n) is 33.8. The van der Waals surface area contributed by atoms with Gasteiger partial charge in [0.15, 0.2) is 0 Å². The summed E-state index contributed by atoms with van der Waals surface area (Å²) in [6.45, 7) is 6.53. The number of benzene rings is 4. The largest absolute Gasteiger partial charge is 0.497 e. The molecule has 1 fully saturated rings. The number of nitrogens with one attached hydrogen (secondary N) is 1. The predicted molar refractivity (Wildman–Crippen MR) is 224 cm³/mol. The van der Waals surface area contributed by atoms with E-state index in [0.29, 0.717) is 42.7 Å². The van der Waals surface area contributed by atoms with Crippen LogP contribution >= 0.6 is 0 Å². The minimum atomic E-state index is -1.26. The average Bonchev–Trinajstić information content (AvgIpc) is 3.24. The van der Waals surface area contributed by atoms with Gasteiger partial charge in [-0.25, -0.2) is 9.59 Å². The molecule has 0 radical (unpaired) electrons. The lowest BCUT2D eigenvalue weighted by molar-refractivity contribution is -0.134. The van der Waals surface area contributed by atoms with Gasteiger partial charge in [0, 0.05) is 62.7 Å². The van der Waals surface area contributed by atoms with Crippen LogP contribution in [0.4, 0.5) is 11.4 Å². The van der Waals surface area contributed by atoms with Crippen molar-refractivity contribution in [3.8, 4) is 11.5 Å². The second kappa shape index (κ2) is 20.0. The van der Waals surface area contributed by atoms with Crippen molar-refractivity contribution in [1.29, 1.82) is 0 Å². The van der Waals surface area contributed by atoms with Gasteiger partial charge in [0.25, 0.3) is 0 Å². The quantitative estimate of drug-likeness (QED) is 0.129. The van der Waals surface area contributed by atoms with E-state index in [4.69, 9.17) is 19.7 Å². The minimum absolute atomic E-state index is 0.179. The number of aliphatic carboxylic acids is 2. The normalized spacial score (nSPS) is 19.5. The molecule has 11 heteroatoms. The maximum atomic E-state index is 12.3. The summed E-state index contributed by atoms with van der Waals surface area (Å²) in [5, 5.41) is 19.2. The summed E-state index contributed by atoms with van der Waals surface area (Å²) in [4.78, 5) is 38.3. The fourth-order valence-corrected chi connectivity index (χ4v) is 8.09. The van der Waals surface area contributed by atoms with Gasteiger partial charge in [-0.2, -0.15) is 0 Å². The molecule has 1 saturated heterocycles. The van der Waals surface area contributed by atoms with Gasteiger partial charge < -0.3 is 34.8 Å². The second-order valence-corrected chi connectivity index (χ2v) is 14.7. The van der Waals surface area contributed by atoms with Gasteiger partial charge in [0.05, 0.1) is 20.4 Å². The van der Waals surface area contributed by atoms with Crippen molar-refractivity contribution in [2.45, 2.75) is 69.6 Å². The molecule has 3 heterocycles. The number of carbonyl (C=O) groups excluding carboxylic acids is 1. The number of rotatable bonds is 11. The molecule has 0 spiro atoms. The van der Waals surface area contributed by atoms with Gasteiger partial charge in [-0.1, -0.05) is 60.7 Å². The number of carbonyl (C=O) groups is 3. The minimum Gasteiger partial charge on any atom is -0.497 e. The van der Waals surface area contributed by atoms with Crippen LogP contribution in [0.1, 0.15) is 85.7 Å². The Labute approximate surface area is 336 Å². The third-order valence-corrected chi connectivity index (χ3v) is 11.3. The van der Waals surface area contributed by atoms with E-state index in [1.807, 2.05) is 25.2 Å². The Bertz CT molecular complexity index is 1970. The fourth-order valence-electron chi connectivity index (χ4n) is 8.09. The fraction of sp³-hybridized carbons (Fsp3) is 0.370. The van der Waals surface area contributed by atoms with Crippen LogP contribution in [0.15, 0.2) is 109 Å². The number of carboxylic acid groups (broad SMARTS) is 2. The van der Waals surface area contributed by atoms with E-state index in [-0.39, 0.29) is 11.8 Å². The molecule has 5 atom stereocenters. The Morgan fingerprint density at radius 2 is 1.37 bits per heavy atom. The highest BCUT2D eigenvalue weighted by Crippen LogP contribution is 2.46. The lowest BCUT2D eigenvalue weighted by Gasteiger charge is -2.51. The Morgan fingerprint density at radius 1 is 0.807 bits per heavy atom. The van der Waals surface area contributed by atoms with Gasteiger partial charge in [-0.3, -0.25) is 9.69 Å². The topological polar surface area (TPSA) is 132 Å². The molecule has 3 N–H and O–H groups in total. The zero-order chi connectivity index (χ0) is 41.1. The van der Waals surface area contributed by atoms with Crippen LogP contribution in [0.2, 0.25) is 0 Å². The van der Waals surface area contributed by atoms with Crippen molar-refractivity contribution in [2.24, 2.45) is 0 Å². The Balaban J connectivity index is 0.000000183. The van der Waals surface area contributed by atoms with E-state index in [1.54, 1.807) is 19.1 Å². The Hall–Kier alpha value is -5.65. The first-order valence-electron chi connectivity index (χ1n) is 19.5. The molecule has 3 aliphatic heterocycles. The van der Waals surface area contributed by atoms with Gasteiger partial charge in [-0.05, 0) is 110 Å². The van der Waals surface area contributed by atoms with E-state index < -0.39 is 11.9 Å². The van der Waals surface area contributed by atoms with Crippen molar-refractivity contribution in [2.75, 3.05) is 51.2 Å². The summed E-state index contributed by atoms with van der Waals surface area (Å²) < 4.78 is 10.8. The lowest BCUT2D eigenvalue weighted by atomic mass is 9.81. The maximum absolute atomic E-state index is 12.3. The summed E-state index contributed by atoms with van der Waals surface area (Å²) in [6, 6.07) is 34.6. The van der Waals surface area contributed by atoms with Crippen LogP contribution in [0, 0.1) is 0 Å². The molecule has 11 nitrogen and oxygen atoms in total. The number of methoxy groups -OCH3 is 2. The van der Waals surface area contributed by atoms with E-state index in [0.717, 1.165) is 36.7 Å². The molecule has 1 amide bonds. The van der Waals surface area contributed by atoms with E-state index >= 15 is 0 Å². The first-order valence-corrected chi connectivity index (χ1v) is 19.5. The first kappa shape index (κ1) is 42.5. The highest BCUT2D eigenvalue weighted by atomic mass is 16.5. The van der Waals surface area contributed by atoms with Crippen LogP contribution in [0.3, 0.4) is 0 Å². The number of carboxylic acids is 2. The Kier molecular flexibility index (Phi) is 14.9. The molecular weight excluding hydrogens is 721 g/mol. The van der Waals surface area contributed by atoms with Crippen LogP contribution in [-0.4, -0.2) is 80.5 Å². The van der Waals surface area contributed by atoms with Gasteiger partial charge in [0.1, 0.15) is 11.5 Å². The third-order valence-electron chi connectivity index (χ3n) is 11.3. The van der Waals surface area contributed by atoms with Crippen LogP contribution < -0.4 is 24.6 Å². The third kappa shape index (κ3) is 10.8. The second-order valence-electron chi connectivity index (χ2n) is 14.7. The van der Waals surface area contributed by atoms with E-state index in [1.165, 1.54) is 40.8 Å². The van der Waals surface area contributed by atoms with Crippen molar-refractivity contribution >= 4 is 29.2 Å². The zero-order valence-corrected chi connectivity index (χ0v) is 33.8. The van der Waals surface area contributed by atoms with Crippen molar-refractivity contribution in [3.05, 3.63) is 131 Å². The molecule has 0 aromatic heterocycles. The number of fused-ring (bicyclic) bond motifs is 5. The SMILES string of the molecule is COc1ccc2c(c1)C(CCNC(C)c1ccccc1)CC(=O)N2C.COc1ccc2c(c1)C1CCN(C(C)c3ccccc3)C(C1)N2C.O=C(O)C=CC(=O)O. The van der Waals surface area contributed by atoms with Crippen molar-refractivity contribution < 1.29 is 34.1 Å². The number of likely N-dealkylation sites (tertiary alicyclic amines) is 1. The molecule has 0 saturated carbocycles. The highest BCUT2D eigenvalue weighted by molar-refractivity contribution is 5.96. The molecule has 7 rings (SSSR count). The number of piperidine rings is 1. The van der Waals surface area contributed by atoms with Crippen molar-refractivity contribution in [3.63, 3.8) is 0 Å². The average molecular weight is 777 g/mol. The maximum Gasteiger partial charge on any atom is 0.328 e. The van der Waals surface area contributed by atoms with Gasteiger partial charge in [-0.15, -0.1) is 0 Å². The molecule has 4 aromatic rings. The van der Waals surface area contributed by atoms with E-state index in [2.05, 4.69) is 115 Å². The standard InChI is InChI=1S/C21H26N2O2.C21H26N2O.C4H4O4/c1-15(16-7-5-4-6-8-16)22-12-11-17-13-21(24)23(2)20-10-9-18(25-3)14-19(17)20;1-15(16-7-5-4-6-8-16)23-12-11-17-13-21(23)22(2)20-10-9-18(24-3)14-19(17)20;5-3(6)1-2-4(7)8/h4-10,14-15,17,22H,11-13H2,1-3H3;4-10,14-15,17,21H,11-13H2,1-3H3;1-2H,(H,5,6)(H,7,8). The first-order chi connectivity index (χ1) is 27.4. The molecule has 57 heavy (non-hydrogen) atoms. The molecule has 5 unspecified atom stereocenters. The number of amides is 1. The van der Waals surface area contributed by atoms with Gasteiger partial charge in [0.2, 0.25) is 5.91 Å². The van der Waals surface area contributed by atoms with Crippen LogP contribution in [-0.2, 0) is 14.4 Å². The van der Waals surface area contributed by atoms with Crippen molar-refractivity contribution in [1.82, 2.24) is 10.2 Å². The predicted octanol–water partition coefficient (Wildman–Crippen LogP) is 8.01. The summed E-state index contributed by atoms with van der Waals surface area (Å²) in [6.07, 6.45) is 5.50. The highest BCUT2D eigenvalue weighted by Gasteiger charge is 2.40. The summed E-state index contributed by atoms with van der Waals surface area (Å²) in [7, 11) is 7.51. The molecule has 302 valence electrons. The molecule has 2 bridgehead atoms. The molecule has 0 aliphatic carbocycles. The Morgan fingerprint density at radius 3 is 1.95 bits per heavy atom. The number of hydrogen-bond donors (Lipinski definition) is 3. The lowest BCUT2D eigenvalue weighted by Crippen LogP contribution is -2.54. The smallest absolute Gasteiger partial charge is 0.328 e. The van der Waals surface area contributed by atoms with Crippen LogP contribution in [0.25, 0.3) is 0 Å². The van der Waals surface area contributed by atoms with E-state index in [9.17, 15) is 14.4 Å².